The molecular formula is C26H32FN3. The average Bonchev–Trinajstić information content (AvgIpc) is 2.91. The van der Waals surface area contributed by atoms with Gasteiger partial charge < -0.3 is 4.90 Å². The molecule has 2 aliphatic heterocycles. The van der Waals surface area contributed by atoms with Gasteiger partial charge in [-0.1, -0.05) is 63.3 Å². The summed E-state index contributed by atoms with van der Waals surface area (Å²) < 4.78 is 15.0. The lowest BCUT2D eigenvalue weighted by molar-refractivity contribution is 0.142. The molecule has 0 bridgehead atoms. The predicted octanol–water partition coefficient (Wildman–Crippen LogP) is 5.42. The van der Waals surface area contributed by atoms with Crippen molar-refractivity contribution in [2.24, 2.45) is 10.4 Å². The second-order valence-corrected chi connectivity index (χ2v) is 9.12. The Hall–Kier alpha value is -2.46. The monoisotopic (exact) mass is 405 g/mol. The topological polar surface area (TPSA) is 18.8 Å². The van der Waals surface area contributed by atoms with Gasteiger partial charge in [0.25, 0.3) is 0 Å². The number of hydrogen-bond acceptors (Lipinski definition) is 3. The molecule has 0 atom stereocenters. The van der Waals surface area contributed by atoms with Gasteiger partial charge in [0.1, 0.15) is 11.7 Å². The summed E-state index contributed by atoms with van der Waals surface area (Å²) in [6, 6.07) is 13.6. The van der Waals surface area contributed by atoms with Crippen LogP contribution < -0.4 is 0 Å². The van der Waals surface area contributed by atoms with Gasteiger partial charge in [-0.3, -0.25) is 4.90 Å². The van der Waals surface area contributed by atoms with Crippen molar-refractivity contribution in [1.82, 2.24) is 9.80 Å². The first-order chi connectivity index (χ1) is 14.4. The third kappa shape index (κ3) is 4.06. The van der Waals surface area contributed by atoms with Crippen molar-refractivity contribution in [2.45, 2.75) is 33.6 Å². The fourth-order valence-corrected chi connectivity index (χ4v) is 4.61. The zero-order valence-corrected chi connectivity index (χ0v) is 18.4. The highest BCUT2D eigenvalue weighted by atomic mass is 19.1. The Morgan fingerprint density at radius 3 is 2.47 bits per heavy atom. The highest BCUT2D eigenvalue weighted by Gasteiger charge is 2.30. The Kier molecular flexibility index (Phi) is 5.79. The predicted molar refractivity (Wildman–Crippen MR) is 123 cm³/mol. The van der Waals surface area contributed by atoms with E-state index in [-0.39, 0.29) is 11.2 Å². The van der Waals surface area contributed by atoms with E-state index in [2.05, 4.69) is 43.2 Å². The van der Waals surface area contributed by atoms with Crippen molar-refractivity contribution in [2.75, 3.05) is 32.7 Å². The quantitative estimate of drug-likeness (QED) is 0.633. The molecule has 3 nitrogen and oxygen atoms in total. The number of nitrogens with zero attached hydrogens (tertiary/aromatic N) is 3. The molecule has 158 valence electrons. The summed E-state index contributed by atoms with van der Waals surface area (Å²) in [6.07, 6.45) is 1.72. The Bertz CT molecular complexity index is 968. The second kappa shape index (κ2) is 8.35. The second-order valence-electron chi connectivity index (χ2n) is 9.12. The summed E-state index contributed by atoms with van der Waals surface area (Å²) >= 11 is 0. The van der Waals surface area contributed by atoms with E-state index in [9.17, 15) is 4.39 Å². The maximum Gasteiger partial charge on any atom is 0.139 e. The van der Waals surface area contributed by atoms with Gasteiger partial charge in [-0.15, -0.1) is 0 Å². The molecule has 4 rings (SSSR count). The maximum atomic E-state index is 15.0. The smallest absolute Gasteiger partial charge is 0.139 e. The van der Waals surface area contributed by atoms with Crippen LogP contribution in [0.3, 0.4) is 0 Å². The third-order valence-corrected chi connectivity index (χ3v) is 6.60. The summed E-state index contributed by atoms with van der Waals surface area (Å²) in [4.78, 5) is 9.75. The minimum atomic E-state index is -0.179. The number of amidine groups is 1. The number of hydrogen-bond donors (Lipinski definition) is 0. The fraction of sp³-hybridized carbons (Fsp3) is 0.423. The highest BCUT2D eigenvalue weighted by Crippen LogP contribution is 2.32. The lowest BCUT2D eigenvalue weighted by atomic mass is 9.83. The number of aliphatic imine (C=N–C) groups is 1. The zero-order chi connectivity index (χ0) is 21.3. The number of halogens is 1. The van der Waals surface area contributed by atoms with Gasteiger partial charge in [-0.25, -0.2) is 9.38 Å². The lowest BCUT2D eigenvalue weighted by Crippen LogP contribution is -2.51. The van der Waals surface area contributed by atoms with Crippen LogP contribution in [0, 0.1) is 11.2 Å². The van der Waals surface area contributed by atoms with Crippen LogP contribution in [0.2, 0.25) is 0 Å². The molecule has 2 aromatic rings. The van der Waals surface area contributed by atoms with Gasteiger partial charge >= 0.3 is 0 Å². The average molecular weight is 406 g/mol. The van der Waals surface area contributed by atoms with E-state index in [4.69, 9.17) is 4.99 Å². The number of benzene rings is 2. The molecule has 0 radical (unpaired) electrons. The van der Waals surface area contributed by atoms with Crippen LogP contribution in [0.4, 0.5) is 10.1 Å². The summed E-state index contributed by atoms with van der Waals surface area (Å²) in [5.41, 5.74) is 5.19. The van der Waals surface area contributed by atoms with E-state index in [1.807, 2.05) is 24.3 Å². The van der Waals surface area contributed by atoms with E-state index in [1.165, 1.54) is 5.57 Å². The molecule has 2 aliphatic rings. The molecule has 0 amide bonds. The van der Waals surface area contributed by atoms with E-state index < -0.39 is 0 Å². The number of piperazine rings is 1. The highest BCUT2D eigenvalue weighted by molar-refractivity contribution is 6.02. The van der Waals surface area contributed by atoms with Crippen molar-refractivity contribution < 1.29 is 4.39 Å². The third-order valence-electron chi connectivity index (χ3n) is 6.60. The summed E-state index contributed by atoms with van der Waals surface area (Å²) in [7, 11) is 0. The van der Waals surface area contributed by atoms with Crippen LogP contribution in [0.5, 0.6) is 0 Å². The molecule has 0 N–H and O–H groups in total. The molecule has 1 fully saturated rings. The van der Waals surface area contributed by atoms with Crippen LogP contribution in [0.15, 0.2) is 59.6 Å². The van der Waals surface area contributed by atoms with Gasteiger partial charge in [0.15, 0.2) is 0 Å². The summed E-state index contributed by atoms with van der Waals surface area (Å²) in [6.45, 7) is 15.6. The number of fused-ring (bicyclic) bond motifs is 2. The van der Waals surface area contributed by atoms with E-state index in [1.54, 1.807) is 12.1 Å². The summed E-state index contributed by atoms with van der Waals surface area (Å²) in [5.74, 6) is 0.604. The molecule has 0 unspecified atom stereocenters. The Morgan fingerprint density at radius 2 is 1.73 bits per heavy atom. The van der Waals surface area contributed by atoms with E-state index in [0.717, 1.165) is 61.8 Å². The van der Waals surface area contributed by atoms with Crippen LogP contribution in [0.25, 0.3) is 0 Å². The van der Waals surface area contributed by atoms with Gasteiger partial charge in [0, 0.05) is 39.1 Å². The molecule has 1 saturated heterocycles. The molecule has 0 aliphatic carbocycles. The van der Waals surface area contributed by atoms with Crippen molar-refractivity contribution in [3.05, 3.63) is 77.1 Å². The van der Waals surface area contributed by atoms with Gasteiger partial charge in [-0.2, -0.15) is 0 Å². The van der Waals surface area contributed by atoms with Crippen LogP contribution in [-0.2, 0) is 6.42 Å². The minimum Gasteiger partial charge on any atom is -0.353 e. The summed E-state index contributed by atoms with van der Waals surface area (Å²) in [5, 5.41) is 0. The van der Waals surface area contributed by atoms with E-state index in [0.29, 0.717) is 12.0 Å². The normalized spacial score (nSPS) is 17.1. The van der Waals surface area contributed by atoms with Crippen LogP contribution >= 0.6 is 0 Å². The molecule has 30 heavy (non-hydrogen) atoms. The van der Waals surface area contributed by atoms with E-state index >= 15 is 0 Å². The first kappa shape index (κ1) is 20.8. The molecule has 0 spiro atoms. The molecule has 2 heterocycles. The molecule has 4 heteroatoms. The van der Waals surface area contributed by atoms with Crippen molar-refractivity contribution in [1.29, 1.82) is 0 Å². The Balaban J connectivity index is 1.59. The first-order valence-electron chi connectivity index (χ1n) is 11.0. The molecule has 0 aromatic heterocycles. The standard InChI is InChI=1S/C26H32FN3/c1-5-19(2)26(3,4)18-29-13-15-30(16-14-29)25-24-21(10-8-11-22(24)27)17-20-9-6-7-12-23(20)28-25/h6-12H,2,5,13-18H2,1,3-4H3. The molecular weight excluding hydrogens is 373 g/mol. The maximum absolute atomic E-state index is 15.0. The fourth-order valence-electron chi connectivity index (χ4n) is 4.61. The van der Waals surface area contributed by atoms with Gasteiger partial charge in [0.05, 0.1) is 11.3 Å². The number of para-hydroxylation sites is 1. The minimum absolute atomic E-state index is 0.106. The molecule has 0 saturated carbocycles. The van der Waals surface area contributed by atoms with Crippen molar-refractivity contribution in [3.8, 4) is 0 Å². The Morgan fingerprint density at radius 1 is 1.03 bits per heavy atom. The van der Waals surface area contributed by atoms with Crippen molar-refractivity contribution >= 4 is 11.5 Å². The number of rotatable bonds is 4. The Labute approximate surface area is 179 Å². The largest absolute Gasteiger partial charge is 0.353 e. The first-order valence-corrected chi connectivity index (χ1v) is 11.0. The molecule has 2 aromatic carbocycles. The zero-order valence-electron chi connectivity index (χ0n) is 18.4. The van der Waals surface area contributed by atoms with Gasteiger partial charge in [-0.05, 0) is 35.1 Å². The van der Waals surface area contributed by atoms with Crippen LogP contribution in [-0.4, -0.2) is 48.4 Å². The SMILES string of the molecule is C=C(CC)C(C)(C)CN1CCN(C2=Nc3ccccc3Cc3cccc(F)c32)CC1. The lowest BCUT2D eigenvalue weighted by Gasteiger charge is -2.40. The van der Waals surface area contributed by atoms with Crippen LogP contribution in [0.1, 0.15) is 43.9 Å². The van der Waals surface area contributed by atoms with Gasteiger partial charge in [0.2, 0.25) is 0 Å². The van der Waals surface area contributed by atoms with Crippen molar-refractivity contribution in [3.63, 3.8) is 0 Å².